The molecule has 0 bridgehead atoms. The van der Waals surface area contributed by atoms with Crippen LogP contribution in [0.25, 0.3) is 0 Å². The topological polar surface area (TPSA) is 237 Å². The van der Waals surface area contributed by atoms with Crippen molar-refractivity contribution in [2.24, 2.45) is 0 Å². The van der Waals surface area contributed by atoms with Crippen molar-refractivity contribution in [1.82, 2.24) is 0 Å². The molecule has 0 heterocycles. The lowest BCUT2D eigenvalue weighted by atomic mass is 10.0. The number of phosphoric acid groups is 2. The minimum Gasteiger partial charge on any atom is -0.462 e. The highest BCUT2D eigenvalue weighted by atomic mass is 31.2. The van der Waals surface area contributed by atoms with E-state index in [2.05, 4.69) is 76.3 Å². The first-order valence-electron chi connectivity index (χ1n) is 38.9. The van der Waals surface area contributed by atoms with E-state index in [1.165, 1.54) is 135 Å². The molecule has 3 N–H and O–H groups in total. The van der Waals surface area contributed by atoms with E-state index in [4.69, 9.17) is 37.0 Å². The van der Waals surface area contributed by atoms with Gasteiger partial charge < -0.3 is 33.8 Å². The third kappa shape index (κ3) is 69.5. The van der Waals surface area contributed by atoms with Gasteiger partial charge in [0, 0.05) is 25.7 Å². The summed E-state index contributed by atoms with van der Waals surface area (Å²) in [6.45, 7) is 4.84. The van der Waals surface area contributed by atoms with E-state index in [-0.39, 0.29) is 25.7 Å². The molecule has 0 aromatic rings. The lowest BCUT2D eigenvalue weighted by Gasteiger charge is -2.21. The maximum Gasteiger partial charge on any atom is 0.472 e. The van der Waals surface area contributed by atoms with Crippen LogP contribution >= 0.6 is 15.6 Å². The molecule has 0 rings (SSSR count). The van der Waals surface area contributed by atoms with Crippen molar-refractivity contribution in [2.45, 2.75) is 380 Å². The monoisotopic (exact) mass is 1400 g/mol. The molecule has 0 fully saturated rings. The molecule has 0 aliphatic rings. The van der Waals surface area contributed by atoms with Crippen LogP contribution in [0.4, 0.5) is 0 Å². The highest BCUT2D eigenvalue weighted by Gasteiger charge is 2.30. The molecule has 96 heavy (non-hydrogen) atoms. The molecule has 0 aromatic carbocycles. The summed E-state index contributed by atoms with van der Waals surface area (Å²) >= 11 is 0. The molecule has 0 saturated carbocycles. The minimum absolute atomic E-state index is 0.0857. The second-order valence-electron chi connectivity index (χ2n) is 26.3. The number of carbonyl (C=O) groups is 4. The predicted molar refractivity (Wildman–Crippen MR) is 390 cm³/mol. The number of ether oxygens (including phenoxy) is 4. The first-order chi connectivity index (χ1) is 46.7. The summed E-state index contributed by atoms with van der Waals surface area (Å²) in [6.07, 6.45) is 66.7. The lowest BCUT2D eigenvalue weighted by Crippen LogP contribution is -2.30. The Labute approximate surface area is 585 Å². The fourth-order valence-electron chi connectivity index (χ4n) is 10.8. The second-order valence-corrected chi connectivity index (χ2v) is 29.2. The van der Waals surface area contributed by atoms with E-state index in [1.54, 1.807) is 0 Å². The van der Waals surface area contributed by atoms with Crippen LogP contribution in [0.5, 0.6) is 0 Å². The van der Waals surface area contributed by atoms with Gasteiger partial charge in [0.2, 0.25) is 0 Å². The fraction of sp³-hybridized carbons (Fsp3) is 0.844. The Kier molecular flexibility index (Phi) is 68.3. The van der Waals surface area contributed by atoms with E-state index in [0.29, 0.717) is 25.7 Å². The average molecular weight is 1400 g/mol. The van der Waals surface area contributed by atoms with E-state index < -0.39 is 97.5 Å². The highest BCUT2D eigenvalue weighted by Crippen LogP contribution is 2.45. The number of rotatable bonds is 74. The standard InChI is InChI=1S/C77H142O17P2/c1-5-9-13-17-21-25-29-32-35-38-42-45-49-53-57-61-74(79)87-67-72(93-76(81)63-59-55-51-47-41-28-24-20-16-12-8-4)69-91-95(83,84)89-65-71(78)66-90-96(85,86)92-70-73(94-77(82)64-60-56-52-48-44-40-37-34-31-27-23-19-15-11-7-3)68-88-75(80)62-58-54-50-46-43-39-36-33-30-26-22-18-14-10-6-2/h20-21,24-25,32-33,35-36,71-73,78H,5-19,22-23,26-31,34,37-70H2,1-4H3,(H,83,84)(H,85,86)/b24-20-,25-21-,35-32-,36-33-. The number of allylic oxidation sites excluding steroid dienone is 8. The number of unbranched alkanes of at least 4 members (excludes halogenated alkanes) is 40. The molecule has 0 spiro atoms. The van der Waals surface area contributed by atoms with Crippen LogP contribution in [-0.2, 0) is 65.4 Å². The van der Waals surface area contributed by atoms with Gasteiger partial charge in [-0.25, -0.2) is 9.13 Å². The molecule has 5 unspecified atom stereocenters. The molecule has 19 heteroatoms. The number of esters is 4. The van der Waals surface area contributed by atoms with Crippen molar-refractivity contribution in [3.05, 3.63) is 48.6 Å². The summed E-state index contributed by atoms with van der Waals surface area (Å²) < 4.78 is 68.5. The molecule has 0 saturated heterocycles. The van der Waals surface area contributed by atoms with E-state index in [9.17, 15) is 43.2 Å². The zero-order chi connectivity index (χ0) is 70.4. The SMILES string of the molecule is CCCC/C=C\CCCCCCCC(=O)OC(COC(=O)CCCCCCC/C=C\C/C=C\CCCCC)COP(=O)(O)OCC(O)COP(=O)(O)OCC(COC(=O)CCCCCCC/C=C\CCCCCCCC)OC(=O)CCCCCCCCCCCCCCCCC. The maximum absolute atomic E-state index is 13.1. The zero-order valence-electron chi connectivity index (χ0n) is 61.3. The van der Waals surface area contributed by atoms with Crippen LogP contribution in [0.15, 0.2) is 48.6 Å². The quantitative estimate of drug-likeness (QED) is 0.0169. The number of aliphatic hydroxyl groups is 1. The third-order valence-corrected chi connectivity index (χ3v) is 18.7. The summed E-state index contributed by atoms with van der Waals surface area (Å²) in [6, 6.07) is 0. The van der Waals surface area contributed by atoms with Gasteiger partial charge in [-0.1, -0.05) is 282 Å². The van der Waals surface area contributed by atoms with E-state index in [1.807, 2.05) is 0 Å². The van der Waals surface area contributed by atoms with Crippen molar-refractivity contribution in [2.75, 3.05) is 39.6 Å². The summed E-state index contributed by atoms with van der Waals surface area (Å²) in [4.78, 5) is 72.8. The van der Waals surface area contributed by atoms with Gasteiger partial charge in [-0.15, -0.1) is 0 Å². The molecule has 0 amide bonds. The van der Waals surface area contributed by atoms with Gasteiger partial charge in [-0.2, -0.15) is 0 Å². The first-order valence-corrected chi connectivity index (χ1v) is 41.9. The highest BCUT2D eigenvalue weighted by molar-refractivity contribution is 7.47. The van der Waals surface area contributed by atoms with Crippen molar-refractivity contribution >= 4 is 39.5 Å². The summed E-state index contributed by atoms with van der Waals surface area (Å²) in [5, 5.41) is 10.6. The molecule has 0 aromatic heterocycles. The Morgan fingerprint density at radius 2 is 0.521 bits per heavy atom. The van der Waals surface area contributed by atoms with Gasteiger partial charge in [0.1, 0.15) is 19.3 Å². The van der Waals surface area contributed by atoms with Crippen molar-refractivity contribution in [3.8, 4) is 0 Å². The Hall–Kier alpha value is -2.98. The molecular weight excluding hydrogens is 1260 g/mol. The van der Waals surface area contributed by atoms with Crippen LogP contribution < -0.4 is 0 Å². The summed E-state index contributed by atoms with van der Waals surface area (Å²) in [7, 11) is -9.93. The third-order valence-electron chi connectivity index (χ3n) is 16.8. The number of aliphatic hydroxyl groups excluding tert-OH is 1. The fourth-order valence-corrected chi connectivity index (χ4v) is 12.3. The second kappa shape index (κ2) is 70.5. The Morgan fingerprint density at radius 1 is 0.292 bits per heavy atom. The molecule has 17 nitrogen and oxygen atoms in total. The van der Waals surface area contributed by atoms with Crippen molar-refractivity contribution < 1.29 is 80.2 Å². The number of hydrogen-bond acceptors (Lipinski definition) is 15. The minimum atomic E-state index is -4.97. The predicted octanol–water partition coefficient (Wildman–Crippen LogP) is 22.1. The Morgan fingerprint density at radius 3 is 0.833 bits per heavy atom. The van der Waals surface area contributed by atoms with Gasteiger partial charge >= 0.3 is 39.5 Å². The normalized spacial score (nSPS) is 14.2. The van der Waals surface area contributed by atoms with E-state index >= 15 is 0 Å². The van der Waals surface area contributed by atoms with Crippen LogP contribution in [0.3, 0.4) is 0 Å². The van der Waals surface area contributed by atoms with Crippen molar-refractivity contribution in [3.63, 3.8) is 0 Å². The Balaban J connectivity index is 5.30. The van der Waals surface area contributed by atoms with Gasteiger partial charge in [0.25, 0.3) is 0 Å². The van der Waals surface area contributed by atoms with Crippen LogP contribution in [0, 0.1) is 0 Å². The number of carbonyl (C=O) groups excluding carboxylic acids is 4. The molecule has 0 aliphatic carbocycles. The average Bonchev–Trinajstić information content (AvgIpc) is 1.98. The first kappa shape index (κ1) is 93.0. The molecule has 5 atom stereocenters. The van der Waals surface area contributed by atoms with Gasteiger partial charge in [-0.05, 0) is 103 Å². The maximum atomic E-state index is 13.1. The molecule has 562 valence electrons. The zero-order valence-corrected chi connectivity index (χ0v) is 63.1. The summed E-state index contributed by atoms with van der Waals surface area (Å²) in [5.41, 5.74) is 0. The van der Waals surface area contributed by atoms with Gasteiger partial charge in [-0.3, -0.25) is 37.3 Å². The largest absolute Gasteiger partial charge is 0.472 e. The van der Waals surface area contributed by atoms with Gasteiger partial charge in [0.05, 0.1) is 26.4 Å². The van der Waals surface area contributed by atoms with Gasteiger partial charge in [0.15, 0.2) is 12.2 Å². The molecular formula is C77H142O17P2. The molecule has 0 aliphatic heterocycles. The van der Waals surface area contributed by atoms with Crippen LogP contribution in [0.1, 0.15) is 362 Å². The van der Waals surface area contributed by atoms with Crippen molar-refractivity contribution in [1.29, 1.82) is 0 Å². The Bertz CT molecular complexity index is 2010. The smallest absolute Gasteiger partial charge is 0.462 e. The van der Waals surface area contributed by atoms with Crippen LogP contribution in [-0.4, -0.2) is 96.7 Å². The number of phosphoric ester groups is 2. The number of hydrogen-bond donors (Lipinski definition) is 3. The molecule has 0 radical (unpaired) electrons. The summed E-state index contributed by atoms with van der Waals surface area (Å²) in [5.74, 6) is -2.17. The van der Waals surface area contributed by atoms with Crippen LogP contribution in [0.2, 0.25) is 0 Å². The lowest BCUT2D eigenvalue weighted by molar-refractivity contribution is -0.161. The van der Waals surface area contributed by atoms with E-state index in [0.717, 1.165) is 148 Å².